The lowest BCUT2D eigenvalue weighted by Crippen LogP contribution is -2.39. The second kappa shape index (κ2) is 8.08. The second-order valence-corrected chi connectivity index (χ2v) is 6.70. The topological polar surface area (TPSA) is 38.8 Å². The van der Waals surface area contributed by atoms with Crippen molar-refractivity contribution in [2.24, 2.45) is 0 Å². The molecule has 0 radical (unpaired) electrons. The van der Waals surface area contributed by atoms with Crippen LogP contribution < -0.4 is 4.90 Å². The summed E-state index contributed by atoms with van der Waals surface area (Å²) in [6.07, 6.45) is 5.71. The first-order chi connectivity index (χ1) is 11.6. The van der Waals surface area contributed by atoms with Crippen molar-refractivity contribution < 1.29 is 18.7 Å². The number of rotatable bonds is 5. The van der Waals surface area contributed by atoms with E-state index in [1.54, 1.807) is 6.07 Å². The van der Waals surface area contributed by atoms with Crippen LogP contribution in [0.5, 0.6) is 0 Å². The lowest BCUT2D eigenvalue weighted by molar-refractivity contribution is -0.0672. The van der Waals surface area contributed by atoms with Crippen LogP contribution in [0.3, 0.4) is 0 Å². The minimum absolute atomic E-state index is 0.201. The van der Waals surface area contributed by atoms with Crippen molar-refractivity contribution in [1.82, 2.24) is 0 Å². The molecule has 0 aliphatic carbocycles. The molecule has 132 valence electrons. The van der Waals surface area contributed by atoms with Gasteiger partial charge in [-0.25, -0.2) is 4.39 Å². The number of ether oxygens (including phenoxy) is 2. The van der Waals surface area contributed by atoms with Crippen LogP contribution in [0.4, 0.5) is 10.1 Å². The number of ketones is 1. The third-order valence-corrected chi connectivity index (χ3v) is 4.92. The predicted octanol–water partition coefficient (Wildman–Crippen LogP) is 3.58. The fourth-order valence-electron chi connectivity index (χ4n) is 3.57. The monoisotopic (exact) mass is 335 g/mol. The molecule has 0 saturated carbocycles. The fourth-order valence-corrected chi connectivity index (χ4v) is 3.57. The number of carbonyl (C=O) groups excluding carboxylic acids is 1. The van der Waals surface area contributed by atoms with Gasteiger partial charge in [0.25, 0.3) is 0 Å². The van der Waals surface area contributed by atoms with E-state index in [9.17, 15) is 9.18 Å². The Morgan fingerprint density at radius 1 is 1.29 bits per heavy atom. The molecule has 1 atom stereocenters. The summed E-state index contributed by atoms with van der Waals surface area (Å²) in [4.78, 5) is 13.9. The van der Waals surface area contributed by atoms with Crippen LogP contribution in [0.25, 0.3) is 0 Å². The zero-order valence-electron chi connectivity index (χ0n) is 14.3. The van der Waals surface area contributed by atoms with E-state index in [0.717, 1.165) is 45.4 Å². The fraction of sp³-hybridized carbons (Fsp3) is 0.632. The highest BCUT2D eigenvalue weighted by atomic mass is 19.1. The Kier molecular flexibility index (Phi) is 5.85. The number of hydrogen-bond acceptors (Lipinski definition) is 4. The van der Waals surface area contributed by atoms with Crippen molar-refractivity contribution in [3.8, 4) is 0 Å². The van der Waals surface area contributed by atoms with Crippen LogP contribution in [0, 0.1) is 5.82 Å². The molecule has 0 spiro atoms. The smallest absolute Gasteiger partial charge is 0.164 e. The SMILES string of the molecule is CC(=O)c1c(F)cccc1N1CCC(OC[C@@H]2CCCCO2)CC1. The van der Waals surface area contributed by atoms with Gasteiger partial charge in [0.15, 0.2) is 5.78 Å². The lowest BCUT2D eigenvalue weighted by atomic mass is 10.0. The first-order valence-corrected chi connectivity index (χ1v) is 8.92. The molecular formula is C19H26FNO3. The molecule has 2 aliphatic rings. The van der Waals surface area contributed by atoms with Gasteiger partial charge in [-0.3, -0.25) is 4.79 Å². The molecule has 2 heterocycles. The quantitative estimate of drug-likeness (QED) is 0.771. The van der Waals surface area contributed by atoms with E-state index < -0.39 is 5.82 Å². The number of hydrogen-bond donors (Lipinski definition) is 0. The summed E-state index contributed by atoms with van der Waals surface area (Å²) in [5, 5.41) is 0. The molecule has 2 saturated heterocycles. The molecule has 1 aromatic carbocycles. The molecule has 0 bridgehead atoms. The van der Waals surface area contributed by atoms with Crippen LogP contribution in [0.1, 0.15) is 49.4 Å². The summed E-state index contributed by atoms with van der Waals surface area (Å²) >= 11 is 0. The van der Waals surface area contributed by atoms with Crippen LogP contribution in [0.15, 0.2) is 18.2 Å². The summed E-state index contributed by atoms with van der Waals surface area (Å²) in [6.45, 7) is 4.49. The average molecular weight is 335 g/mol. The van der Waals surface area contributed by atoms with Crippen molar-refractivity contribution in [1.29, 1.82) is 0 Å². The van der Waals surface area contributed by atoms with Gasteiger partial charge in [0, 0.05) is 19.7 Å². The van der Waals surface area contributed by atoms with E-state index in [2.05, 4.69) is 4.90 Å². The van der Waals surface area contributed by atoms with E-state index in [-0.39, 0.29) is 23.6 Å². The number of halogens is 1. The molecule has 4 nitrogen and oxygen atoms in total. The van der Waals surface area contributed by atoms with Crippen molar-refractivity contribution in [3.63, 3.8) is 0 Å². The first kappa shape index (κ1) is 17.4. The second-order valence-electron chi connectivity index (χ2n) is 6.70. The number of nitrogens with zero attached hydrogens (tertiary/aromatic N) is 1. The van der Waals surface area contributed by atoms with Crippen molar-refractivity contribution in [3.05, 3.63) is 29.6 Å². The van der Waals surface area contributed by atoms with Gasteiger partial charge in [0.2, 0.25) is 0 Å². The molecule has 0 unspecified atom stereocenters. The number of benzene rings is 1. The van der Waals surface area contributed by atoms with Crippen LogP contribution in [-0.4, -0.2) is 44.3 Å². The molecule has 3 rings (SSSR count). The Morgan fingerprint density at radius 3 is 2.75 bits per heavy atom. The van der Waals surface area contributed by atoms with Crippen LogP contribution >= 0.6 is 0 Å². The van der Waals surface area contributed by atoms with Gasteiger partial charge in [-0.05, 0) is 51.2 Å². The Balaban J connectivity index is 1.53. The number of carbonyl (C=O) groups is 1. The zero-order chi connectivity index (χ0) is 16.9. The Labute approximate surface area is 142 Å². The van der Waals surface area contributed by atoms with Gasteiger partial charge in [-0.1, -0.05) is 6.07 Å². The number of Topliss-reactive ketones (excluding diaryl/α,β-unsaturated/α-hetero) is 1. The standard InChI is InChI=1S/C19H26FNO3/c1-14(22)19-17(20)6-4-7-18(19)21-10-8-15(9-11-21)24-13-16-5-2-3-12-23-16/h4,6-7,15-16H,2-3,5,8-13H2,1H3/t16-/m0/s1. The molecule has 24 heavy (non-hydrogen) atoms. The summed E-state index contributed by atoms with van der Waals surface area (Å²) in [5.41, 5.74) is 0.907. The third-order valence-electron chi connectivity index (χ3n) is 4.92. The minimum atomic E-state index is -0.437. The van der Waals surface area contributed by atoms with E-state index in [1.807, 2.05) is 6.07 Å². The lowest BCUT2D eigenvalue weighted by Gasteiger charge is -2.35. The first-order valence-electron chi connectivity index (χ1n) is 8.92. The van der Waals surface area contributed by atoms with Gasteiger partial charge < -0.3 is 14.4 Å². The Hall–Kier alpha value is -1.46. The van der Waals surface area contributed by atoms with Gasteiger partial charge in [0.1, 0.15) is 5.82 Å². The van der Waals surface area contributed by atoms with E-state index in [1.165, 1.54) is 19.4 Å². The highest BCUT2D eigenvalue weighted by molar-refractivity contribution is 6.00. The normalized spacial score (nSPS) is 22.6. The van der Waals surface area contributed by atoms with Gasteiger partial charge in [0.05, 0.1) is 30.1 Å². The van der Waals surface area contributed by atoms with E-state index >= 15 is 0 Å². The summed E-state index contributed by atoms with van der Waals surface area (Å²) in [5.74, 6) is -0.663. The van der Waals surface area contributed by atoms with Crippen molar-refractivity contribution >= 4 is 11.5 Å². The maximum Gasteiger partial charge on any atom is 0.164 e. The summed E-state index contributed by atoms with van der Waals surface area (Å²) in [7, 11) is 0. The Morgan fingerprint density at radius 2 is 2.08 bits per heavy atom. The molecule has 1 aromatic rings. The van der Waals surface area contributed by atoms with Gasteiger partial charge in [-0.15, -0.1) is 0 Å². The molecule has 0 N–H and O–H groups in total. The highest BCUT2D eigenvalue weighted by Gasteiger charge is 2.25. The van der Waals surface area contributed by atoms with Crippen molar-refractivity contribution in [2.75, 3.05) is 31.2 Å². The van der Waals surface area contributed by atoms with Gasteiger partial charge in [-0.2, -0.15) is 0 Å². The number of piperidine rings is 1. The highest BCUT2D eigenvalue weighted by Crippen LogP contribution is 2.27. The molecule has 0 aromatic heterocycles. The maximum atomic E-state index is 14.0. The number of anilines is 1. The van der Waals surface area contributed by atoms with Crippen LogP contribution in [0.2, 0.25) is 0 Å². The van der Waals surface area contributed by atoms with E-state index in [0.29, 0.717) is 12.3 Å². The zero-order valence-corrected chi connectivity index (χ0v) is 14.3. The molecule has 2 aliphatic heterocycles. The third kappa shape index (κ3) is 4.14. The summed E-state index contributed by atoms with van der Waals surface area (Å²) in [6, 6.07) is 4.84. The average Bonchev–Trinajstić information content (AvgIpc) is 2.61. The Bertz CT molecular complexity index is 564. The molecular weight excluding hydrogens is 309 g/mol. The van der Waals surface area contributed by atoms with Crippen LogP contribution in [-0.2, 0) is 9.47 Å². The maximum absolute atomic E-state index is 14.0. The molecule has 0 amide bonds. The molecule has 5 heteroatoms. The van der Waals surface area contributed by atoms with Crippen molar-refractivity contribution in [2.45, 2.75) is 51.2 Å². The van der Waals surface area contributed by atoms with Gasteiger partial charge >= 0.3 is 0 Å². The minimum Gasteiger partial charge on any atom is -0.376 e. The molecule has 2 fully saturated rings. The predicted molar refractivity (Wildman–Crippen MR) is 91.2 cm³/mol. The van der Waals surface area contributed by atoms with E-state index in [4.69, 9.17) is 9.47 Å². The largest absolute Gasteiger partial charge is 0.376 e. The summed E-state index contributed by atoms with van der Waals surface area (Å²) < 4.78 is 25.7.